The zero-order valence-corrected chi connectivity index (χ0v) is 15.1. The summed E-state index contributed by atoms with van der Waals surface area (Å²) in [5.41, 5.74) is -0.720. The number of hydrogen-bond acceptors (Lipinski definition) is 6. The molecule has 134 valence electrons. The number of nitrogens with one attached hydrogen (secondary N) is 1. The predicted octanol–water partition coefficient (Wildman–Crippen LogP) is 2.44. The molecule has 2 heterocycles. The third-order valence-corrected chi connectivity index (χ3v) is 5.58. The highest BCUT2D eigenvalue weighted by Crippen LogP contribution is 2.29. The smallest absolute Gasteiger partial charge is 0.349 e. The molecule has 1 aromatic heterocycles. The summed E-state index contributed by atoms with van der Waals surface area (Å²) in [5, 5.41) is 3.47. The third kappa shape index (κ3) is 3.67. The summed E-state index contributed by atoms with van der Waals surface area (Å²) in [7, 11) is 3.17. The zero-order valence-electron chi connectivity index (χ0n) is 14.3. The molecule has 0 radical (unpaired) electrons. The average Bonchev–Trinajstić information content (AvgIpc) is 2.66. The van der Waals surface area contributed by atoms with E-state index in [0.29, 0.717) is 23.3 Å². The molecule has 25 heavy (non-hydrogen) atoms. The first-order chi connectivity index (χ1) is 12.1. The lowest BCUT2D eigenvalue weighted by Crippen LogP contribution is -2.47. The van der Waals surface area contributed by atoms with Crippen LogP contribution in [0.15, 0.2) is 33.5 Å². The van der Waals surface area contributed by atoms with Crippen molar-refractivity contribution >= 4 is 28.6 Å². The maximum atomic E-state index is 12.5. The molecule has 7 heteroatoms. The number of hydrogen-bond donors (Lipinski definition) is 1. The summed E-state index contributed by atoms with van der Waals surface area (Å²) in [6.07, 6.45) is 1.75. The zero-order chi connectivity index (χ0) is 17.9. The molecule has 2 aromatic rings. The molecule has 1 fully saturated rings. The van der Waals surface area contributed by atoms with Gasteiger partial charge in [-0.2, -0.15) is 11.8 Å². The Kier molecular flexibility index (Phi) is 5.34. The number of carbonyl (C=O) groups excluding carboxylic acids is 1. The van der Waals surface area contributed by atoms with Crippen LogP contribution in [0.4, 0.5) is 0 Å². The number of thioether (sulfide) groups is 1. The second kappa shape index (κ2) is 7.49. The molecule has 1 saturated heterocycles. The Labute approximate surface area is 149 Å². The molecule has 1 aliphatic rings. The van der Waals surface area contributed by atoms with Crippen molar-refractivity contribution in [2.24, 2.45) is 0 Å². The number of benzene rings is 1. The van der Waals surface area contributed by atoms with Crippen LogP contribution < -0.4 is 15.7 Å². The lowest BCUT2D eigenvalue weighted by atomic mass is 9.96. The van der Waals surface area contributed by atoms with Crippen molar-refractivity contribution in [3.8, 4) is 5.75 Å². The van der Waals surface area contributed by atoms with Crippen LogP contribution in [-0.2, 0) is 4.74 Å². The largest absolute Gasteiger partial charge is 0.493 e. The van der Waals surface area contributed by atoms with E-state index in [9.17, 15) is 9.59 Å². The molecule has 1 N–H and O–H groups in total. The van der Waals surface area contributed by atoms with E-state index in [2.05, 4.69) is 5.32 Å². The van der Waals surface area contributed by atoms with Gasteiger partial charge in [-0.15, -0.1) is 0 Å². The second-order valence-electron chi connectivity index (χ2n) is 6.01. The number of methoxy groups -OCH3 is 2. The first kappa shape index (κ1) is 17.8. The predicted molar refractivity (Wildman–Crippen MR) is 97.7 cm³/mol. The number of carbonyl (C=O) groups is 1. The van der Waals surface area contributed by atoms with E-state index in [1.807, 2.05) is 11.8 Å². The Bertz CT molecular complexity index is 826. The summed E-state index contributed by atoms with van der Waals surface area (Å²) in [5.74, 6) is 2.01. The molecule has 0 bridgehead atoms. The van der Waals surface area contributed by atoms with Gasteiger partial charge in [-0.25, -0.2) is 4.79 Å². The van der Waals surface area contributed by atoms with Gasteiger partial charge in [-0.1, -0.05) is 12.1 Å². The molecule has 0 aliphatic carbocycles. The van der Waals surface area contributed by atoms with Gasteiger partial charge in [0.2, 0.25) is 0 Å². The van der Waals surface area contributed by atoms with Crippen LogP contribution in [0.1, 0.15) is 23.2 Å². The van der Waals surface area contributed by atoms with Crippen LogP contribution >= 0.6 is 11.8 Å². The highest BCUT2D eigenvalue weighted by atomic mass is 32.2. The highest BCUT2D eigenvalue weighted by Gasteiger charge is 2.33. The van der Waals surface area contributed by atoms with E-state index >= 15 is 0 Å². The van der Waals surface area contributed by atoms with E-state index in [-0.39, 0.29) is 11.2 Å². The number of ether oxygens (including phenoxy) is 2. The van der Waals surface area contributed by atoms with Crippen molar-refractivity contribution in [2.45, 2.75) is 18.4 Å². The first-order valence-electron chi connectivity index (χ1n) is 8.10. The van der Waals surface area contributed by atoms with E-state index < -0.39 is 11.5 Å². The normalized spacial score (nSPS) is 16.6. The molecule has 3 rings (SSSR count). The van der Waals surface area contributed by atoms with Crippen molar-refractivity contribution in [2.75, 3.05) is 32.3 Å². The summed E-state index contributed by atoms with van der Waals surface area (Å²) < 4.78 is 16.1. The molecule has 1 aliphatic heterocycles. The number of amides is 1. The maximum absolute atomic E-state index is 12.5. The van der Waals surface area contributed by atoms with E-state index in [1.54, 1.807) is 25.3 Å². The monoisotopic (exact) mass is 363 g/mol. The fourth-order valence-electron chi connectivity index (χ4n) is 2.97. The number of fused-ring (bicyclic) bond motifs is 1. The van der Waals surface area contributed by atoms with Gasteiger partial charge in [0.1, 0.15) is 5.56 Å². The van der Waals surface area contributed by atoms with Gasteiger partial charge in [-0.3, -0.25) is 4.79 Å². The molecule has 0 spiro atoms. The fraction of sp³-hybridized carbons (Fsp3) is 0.444. The van der Waals surface area contributed by atoms with E-state index in [4.69, 9.17) is 13.9 Å². The van der Waals surface area contributed by atoms with E-state index in [1.165, 1.54) is 13.2 Å². The van der Waals surface area contributed by atoms with E-state index in [0.717, 1.165) is 24.3 Å². The molecule has 0 saturated carbocycles. The summed E-state index contributed by atoms with van der Waals surface area (Å²) in [4.78, 5) is 24.7. The Morgan fingerprint density at radius 1 is 1.32 bits per heavy atom. The number of para-hydroxylation sites is 1. The number of rotatable bonds is 5. The lowest BCUT2D eigenvalue weighted by Gasteiger charge is -2.35. The minimum atomic E-state index is -0.680. The molecular weight excluding hydrogens is 342 g/mol. The molecule has 0 unspecified atom stereocenters. The quantitative estimate of drug-likeness (QED) is 0.822. The Morgan fingerprint density at radius 2 is 2.08 bits per heavy atom. The average molecular weight is 363 g/mol. The SMILES string of the molecule is COc1cccc2cc(C(=O)NCC3(OC)CCSCC3)c(=O)oc12. The van der Waals surface area contributed by atoms with Gasteiger partial charge >= 0.3 is 5.63 Å². The van der Waals surface area contributed by atoms with Gasteiger partial charge in [0, 0.05) is 19.0 Å². The molecule has 6 nitrogen and oxygen atoms in total. The van der Waals surface area contributed by atoms with Crippen LogP contribution in [-0.4, -0.2) is 43.8 Å². The minimum Gasteiger partial charge on any atom is -0.493 e. The van der Waals surface area contributed by atoms with Crippen molar-refractivity contribution in [1.82, 2.24) is 5.32 Å². The fourth-order valence-corrected chi connectivity index (χ4v) is 4.21. The minimum absolute atomic E-state index is 0.0165. The van der Waals surface area contributed by atoms with Gasteiger partial charge < -0.3 is 19.2 Å². The third-order valence-electron chi connectivity index (χ3n) is 4.60. The van der Waals surface area contributed by atoms with Crippen LogP contribution in [0.2, 0.25) is 0 Å². The Hall–Kier alpha value is -1.99. The maximum Gasteiger partial charge on any atom is 0.349 e. The van der Waals surface area contributed by atoms with Crippen molar-refractivity contribution in [3.05, 3.63) is 40.2 Å². The van der Waals surface area contributed by atoms with Crippen LogP contribution in [0.5, 0.6) is 5.75 Å². The standard InChI is InChI=1S/C18H21NO5S/c1-22-14-5-3-4-12-10-13(17(21)24-15(12)14)16(20)19-11-18(23-2)6-8-25-9-7-18/h3-5,10H,6-9,11H2,1-2H3,(H,19,20). The van der Waals surface area contributed by atoms with Crippen LogP contribution in [0.25, 0.3) is 11.0 Å². The topological polar surface area (TPSA) is 77.8 Å². The molecular formula is C18H21NO5S. The highest BCUT2D eigenvalue weighted by molar-refractivity contribution is 7.99. The summed E-state index contributed by atoms with van der Waals surface area (Å²) in [6.45, 7) is 0.373. The van der Waals surface area contributed by atoms with Crippen molar-refractivity contribution < 1.29 is 18.7 Å². The summed E-state index contributed by atoms with van der Waals surface area (Å²) in [6, 6.07) is 6.79. The van der Waals surface area contributed by atoms with Gasteiger partial charge in [0.25, 0.3) is 5.91 Å². The lowest BCUT2D eigenvalue weighted by molar-refractivity contribution is -0.0149. The molecule has 0 atom stereocenters. The van der Waals surface area contributed by atoms with Crippen LogP contribution in [0, 0.1) is 0 Å². The first-order valence-corrected chi connectivity index (χ1v) is 9.26. The van der Waals surface area contributed by atoms with Crippen molar-refractivity contribution in [3.63, 3.8) is 0 Å². The molecule has 1 aromatic carbocycles. The second-order valence-corrected chi connectivity index (χ2v) is 7.23. The van der Waals surface area contributed by atoms with Gasteiger partial charge in [-0.05, 0) is 36.5 Å². The molecule has 1 amide bonds. The Morgan fingerprint density at radius 3 is 2.76 bits per heavy atom. The van der Waals surface area contributed by atoms with Gasteiger partial charge in [0.05, 0.1) is 12.7 Å². The summed E-state index contributed by atoms with van der Waals surface area (Å²) >= 11 is 1.88. The van der Waals surface area contributed by atoms with Gasteiger partial charge in [0.15, 0.2) is 11.3 Å². The van der Waals surface area contributed by atoms with Crippen molar-refractivity contribution in [1.29, 1.82) is 0 Å². The Balaban J connectivity index is 1.82. The van der Waals surface area contributed by atoms with Crippen LogP contribution in [0.3, 0.4) is 0 Å².